The lowest BCUT2D eigenvalue weighted by molar-refractivity contribution is -0.132. The van der Waals surface area contributed by atoms with Crippen molar-refractivity contribution in [3.05, 3.63) is 47.7 Å². The van der Waals surface area contributed by atoms with Crippen molar-refractivity contribution in [2.45, 2.75) is 51.6 Å². The molecule has 26 heavy (non-hydrogen) atoms. The van der Waals surface area contributed by atoms with Crippen molar-refractivity contribution in [3.8, 4) is 0 Å². The summed E-state index contributed by atoms with van der Waals surface area (Å²) < 4.78 is 2.18. The van der Waals surface area contributed by atoms with E-state index in [1.807, 2.05) is 37.2 Å². The van der Waals surface area contributed by atoms with Gasteiger partial charge in [0.2, 0.25) is 5.91 Å². The lowest BCUT2D eigenvalue weighted by Gasteiger charge is -2.27. The quantitative estimate of drug-likeness (QED) is 0.786. The first-order chi connectivity index (χ1) is 12.6. The van der Waals surface area contributed by atoms with Crippen molar-refractivity contribution >= 4 is 16.8 Å². The highest BCUT2D eigenvalue weighted by Gasteiger charge is 2.24. The maximum Gasteiger partial charge on any atom is 0.222 e. The molecule has 1 amide bonds. The highest BCUT2D eigenvalue weighted by Crippen LogP contribution is 2.21. The average molecular weight is 351 g/mol. The van der Waals surface area contributed by atoms with Crippen LogP contribution < -0.4 is 0 Å². The number of rotatable bonds is 4. The zero-order valence-corrected chi connectivity index (χ0v) is 15.4. The predicted octanol–water partition coefficient (Wildman–Crippen LogP) is 2.86. The highest BCUT2D eigenvalue weighted by atomic mass is 16.2. The van der Waals surface area contributed by atoms with Crippen molar-refractivity contribution in [1.29, 1.82) is 0 Å². The van der Waals surface area contributed by atoms with Crippen LogP contribution in [-0.2, 0) is 24.2 Å². The van der Waals surface area contributed by atoms with E-state index in [0.717, 1.165) is 49.4 Å². The van der Waals surface area contributed by atoms with Gasteiger partial charge in [0.15, 0.2) is 0 Å². The lowest BCUT2D eigenvalue weighted by atomic mass is 10.1. The van der Waals surface area contributed by atoms with E-state index in [0.29, 0.717) is 6.42 Å². The molecule has 0 fully saturated rings. The Hall–Kier alpha value is -2.63. The molecule has 0 radical (unpaired) electrons. The predicted molar refractivity (Wildman–Crippen MR) is 101 cm³/mol. The molecule has 0 saturated heterocycles. The zero-order valence-electron chi connectivity index (χ0n) is 15.4. The average Bonchev–Trinajstić information content (AvgIpc) is 3.15. The van der Waals surface area contributed by atoms with Gasteiger partial charge in [0.1, 0.15) is 11.6 Å². The summed E-state index contributed by atoms with van der Waals surface area (Å²) in [5.41, 5.74) is 2.34. The highest BCUT2D eigenvalue weighted by molar-refractivity contribution is 5.84. The molecule has 2 aromatic heterocycles. The van der Waals surface area contributed by atoms with E-state index >= 15 is 0 Å². The van der Waals surface area contributed by atoms with Gasteiger partial charge in [0.05, 0.1) is 0 Å². The molecule has 0 aliphatic carbocycles. The van der Waals surface area contributed by atoms with Gasteiger partial charge in [-0.25, -0.2) is 0 Å². The van der Waals surface area contributed by atoms with Gasteiger partial charge in [-0.2, -0.15) is 0 Å². The molecular weight excluding hydrogens is 326 g/mol. The third kappa shape index (κ3) is 3.11. The normalized spacial score (nSPS) is 17.1. The summed E-state index contributed by atoms with van der Waals surface area (Å²) in [6.07, 6.45) is 6.13. The van der Waals surface area contributed by atoms with Crippen LogP contribution in [0.4, 0.5) is 0 Å². The molecule has 1 aliphatic rings. The number of H-pyrrole nitrogens is 1. The first kappa shape index (κ1) is 16.8. The SMILES string of the molecule is Cc1nnc2n1CCC(N(C)C(=O)CCc1c[nH]c3ccccc13)CC2. The van der Waals surface area contributed by atoms with Crippen molar-refractivity contribution in [1.82, 2.24) is 24.6 Å². The number of hydrogen-bond donors (Lipinski definition) is 1. The van der Waals surface area contributed by atoms with Crippen LogP contribution in [0, 0.1) is 6.92 Å². The van der Waals surface area contributed by atoms with Gasteiger partial charge in [-0.1, -0.05) is 18.2 Å². The van der Waals surface area contributed by atoms with Gasteiger partial charge in [-0.3, -0.25) is 4.79 Å². The molecule has 1 atom stereocenters. The molecule has 0 saturated carbocycles. The van der Waals surface area contributed by atoms with E-state index in [1.54, 1.807) is 0 Å². The minimum absolute atomic E-state index is 0.217. The summed E-state index contributed by atoms with van der Waals surface area (Å²) in [6, 6.07) is 8.51. The smallest absolute Gasteiger partial charge is 0.222 e. The fraction of sp³-hybridized carbons (Fsp3) is 0.450. The van der Waals surface area contributed by atoms with Gasteiger partial charge in [-0.15, -0.1) is 10.2 Å². The number of aryl methyl sites for hydroxylation is 3. The second kappa shape index (κ2) is 6.94. The van der Waals surface area contributed by atoms with Gasteiger partial charge in [0.25, 0.3) is 0 Å². The Labute approximate surface area is 153 Å². The first-order valence-electron chi connectivity index (χ1n) is 9.33. The van der Waals surface area contributed by atoms with E-state index in [2.05, 4.69) is 31.9 Å². The maximum absolute atomic E-state index is 12.7. The third-order valence-corrected chi connectivity index (χ3v) is 5.62. The largest absolute Gasteiger partial charge is 0.361 e. The molecule has 1 unspecified atom stereocenters. The van der Waals surface area contributed by atoms with Crippen molar-refractivity contribution in [2.24, 2.45) is 0 Å². The summed E-state index contributed by atoms with van der Waals surface area (Å²) in [6.45, 7) is 2.88. The van der Waals surface area contributed by atoms with E-state index in [9.17, 15) is 4.79 Å². The topological polar surface area (TPSA) is 66.8 Å². The number of nitrogens with one attached hydrogen (secondary N) is 1. The number of hydrogen-bond acceptors (Lipinski definition) is 3. The second-order valence-electron chi connectivity index (χ2n) is 7.16. The van der Waals surface area contributed by atoms with Gasteiger partial charge in [0, 0.05) is 49.6 Å². The number of benzene rings is 1. The number of aromatic nitrogens is 4. The standard InChI is InChI=1S/C20H25N5O/c1-14-22-23-19-9-8-16(11-12-25(14)19)24(2)20(26)10-7-15-13-21-18-6-4-3-5-17(15)18/h3-6,13,16,21H,7-12H2,1-2H3. The molecule has 1 aromatic carbocycles. The Balaban J connectivity index is 1.37. The van der Waals surface area contributed by atoms with Gasteiger partial charge < -0.3 is 14.5 Å². The monoisotopic (exact) mass is 351 g/mol. The molecule has 6 nitrogen and oxygen atoms in total. The van der Waals surface area contributed by atoms with E-state index in [4.69, 9.17) is 0 Å². The fourth-order valence-corrected chi connectivity index (χ4v) is 3.97. The molecule has 3 aromatic rings. The summed E-state index contributed by atoms with van der Waals surface area (Å²) >= 11 is 0. The Morgan fingerprint density at radius 2 is 2.15 bits per heavy atom. The maximum atomic E-state index is 12.7. The molecule has 0 bridgehead atoms. The van der Waals surface area contributed by atoms with Crippen LogP contribution in [0.1, 0.15) is 36.5 Å². The van der Waals surface area contributed by atoms with Gasteiger partial charge in [-0.05, 0) is 37.8 Å². The number of amides is 1. The van der Waals surface area contributed by atoms with Crippen molar-refractivity contribution < 1.29 is 4.79 Å². The van der Waals surface area contributed by atoms with Crippen LogP contribution in [0.25, 0.3) is 10.9 Å². The van der Waals surface area contributed by atoms with Gasteiger partial charge >= 0.3 is 0 Å². The van der Waals surface area contributed by atoms with E-state index in [1.165, 1.54) is 10.9 Å². The molecule has 0 spiro atoms. The summed E-state index contributed by atoms with van der Waals surface area (Å²) in [5.74, 6) is 2.23. The molecular formula is C20H25N5O. The van der Waals surface area contributed by atoms with Crippen molar-refractivity contribution in [3.63, 3.8) is 0 Å². The van der Waals surface area contributed by atoms with Crippen LogP contribution in [-0.4, -0.2) is 43.6 Å². The van der Waals surface area contributed by atoms with E-state index in [-0.39, 0.29) is 11.9 Å². The fourth-order valence-electron chi connectivity index (χ4n) is 3.97. The van der Waals surface area contributed by atoms with Crippen LogP contribution >= 0.6 is 0 Å². The first-order valence-corrected chi connectivity index (χ1v) is 9.33. The zero-order chi connectivity index (χ0) is 18.1. The number of para-hydroxylation sites is 1. The Bertz CT molecular complexity index is 925. The third-order valence-electron chi connectivity index (χ3n) is 5.62. The molecule has 3 heterocycles. The number of nitrogens with zero attached hydrogens (tertiary/aromatic N) is 4. The number of fused-ring (bicyclic) bond motifs is 2. The minimum atomic E-state index is 0.217. The Morgan fingerprint density at radius 3 is 3.04 bits per heavy atom. The lowest BCUT2D eigenvalue weighted by Crippen LogP contribution is -2.37. The van der Waals surface area contributed by atoms with E-state index < -0.39 is 0 Å². The Kier molecular flexibility index (Phi) is 4.49. The minimum Gasteiger partial charge on any atom is -0.361 e. The van der Waals surface area contributed by atoms with Crippen LogP contribution in [0.3, 0.4) is 0 Å². The number of aromatic amines is 1. The van der Waals surface area contributed by atoms with Crippen LogP contribution in [0.5, 0.6) is 0 Å². The molecule has 1 N–H and O–H groups in total. The number of carbonyl (C=O) groups excluding carboxylic acids is 1. The molecule has 6 heteroatoms. The Morgan fingerprint density at radius 1 is 1.31 bits per heavy atom. The van der Waals surface area contributed by atoms with Crippen molar-refractivity contribution in [2.75, 3.05) is 7.05 Å². The summed E-state index contributed by atoms with van der Waals surface area (Å²) in [5, 5.41) is 9.63. The number of carbonyl (C=O) groups is 1. The molecule has 1 aliphatic heterocycles. The molecule has 4 rings (SSSR count). The van der Waals surface area contributed by atoms with Crippen LogP contribution in [0.15, 0.2) is 30.5 Å². The second-order valence-corrected chi connectivity index (χ2v) is 7.16. The summed E-state index contributed by atoms with van der Waals surface area (Å²) in [7, 11) is 1.95. The summed E-state index contributed by atoms with van der Waals surface area (Å²) in [4.78, 5) is 18.0. The van der Waals surface area contributed by atoms with Crippen LogP contribution in [0.2, 0.25) is 0 Å². The molecule has 136 valence electrons.